The zero-order valence-corrected chi connectivity index (χ0v) is 12.8. The summed E-state index contributed by atoms with van der Waals surface area (Å²) in [6.45, 7) is 4.72. The van der Waals surface area contributed by atoms with E-state index in [1.165, 1.54) is 12.0 Å². The fourth-order valence-electron chi connectivity index (χ4n) is 1.79. The molecule has 1 rings (SSSR count). The topological polar surface area (TPSA) is 76.1 Å². The second-order valence-electron chi connectivity index (χ2n) is 5.48. The lowest BCUT2D eigenvalue weighted by atomic mass is 10.1. The minimum atomic E-state index is -1.06. The van der Waals surface area contributed by atoms with Crippen LogP contribution in [-0.4, -0.2) is 47.7 Å². The average Bonchev–Trinajstić information content (AvgIpc) is 2.41. The zero-order valence-electron chi connectivity index (χ0n) is 12.8. The Bertz CT molecular complexity index is 507. The highest BCUT2D eigenvalue weighted by atomic mass is 16.5. The molecule has 0 fully saturated rings. The normalized spacial score (nSPS) is 10.9. The predicted molar refractivity (Wildman–Crippen MR) is 77.6 cm³/mol. The van der Waals surface area contributed by atoms with E-state index in [-0.39, 0.29) is 13.2 Å². The number of carbonyl (C=O) groups excluding carboxylic acids is 1. The van der Waals surface area contributed by atoms with Crippen LogP contribution in [0, 0.1) is 0 Å². The van der Waals surface area contributed by atoms with Gasteiger partial charge in [-0.05, 0) is 32.9 Å². The van der Waals surface area contributed by atoms with Gasteiger partial charge >= 0.3 is 5.97 Å². The van der Waals surface area contributed by atoms with Crippen LogP contribution in [-0.2, 0) is 9.59 Å². The monoisotopic (exact) mass is 295 g/mol. The van der Waals surface area contributed by atoms with Gasteiger partial charge in [0, 0.05) is 5.54 Å². The molecule has 0 unspecified atom stereocenters. The van der Waals surface area contributed by atoms with Crippen molar-refractivity contribution in [1.29, 1.82) is 0 Å². The fraction of sp³-hybridized carbons (Fsp3) is 0.467. The Morgan fingerprint density at radius 1 is 1.19 bits per heavy atom. The van der Waals surface area contributed by atoms with Gasteiger partial charge in [-0.15, -0.1) is 0 Å². The van der Waals surface area contributed by atoms with E-state index < -0.39 is 17.4 Å². The number of rotatable bonds is 6. The van der Waals surface area contributed by atoms with E-state index in [1.807, 2.05) is 0 Å². The van der Waals surface area contributed by atoms with Crippen molar-refractivity contribution < 1.29 is 24.2 Å². The van der Waals surface area contributed by atoms with Crippen LogP contribution in [0.1, 0.15) is 20.8 Å². The van der Waals surface area contributed by atoms with Gasteiger partial charge in [0.05, 0.1) is 7.11 Å². The van der Waals surface area contributed by atoms with E-state index in [2.05, 4.69) is 0 Å². The summed E-state index contributed by atoms with van der Waals surface area (Å²) in [5, 5.41) is 8.91. The lowest BCUT2D eigenvalue weighted by Gasteiger charge is -2.34. The van der Waals surface area contributed by atoms with Crippen molar-refractivity contribution in [3.05, 3.63) is 24.3 Å². The fourth-order valence-corrected chi connectivity index (χ4v) is 1.79. The number of carbonyl (C=O) groups is 2. The van der Waals surface area contributed by atoms with Crippen molar-refractivity contribution in [2.24, 2.45) is 0 Å². The standard InChI is InChI=1S/C15H21NO5/c1-15(2,3)16(9-14(18)19)13(17)10-21-12-8-6-5-7-11(12)20-4/h5-8H,9-10H2,1-4H3,(H,18,19). The van der Waals surface area contributed by atoms with Gasteiger partial charge in [0.25, 0.3) is 5.91 Å². The third-order valence-electron chi connectivity index (χ3n) is 2.82. The van der Waals surface area contributed by atoms with E-state index in [0.29, 0.717) is 11.5 Å². The lowest BCUT2D eigenvalue weighted by molar-refractivity contribution is -0.149. The van der Waals surface area contributed by atoms with Gasteiger partial charge in [-0.3, -0.25) is 9.59 Å². The summed E-state index contributed by atoms with van der Waals surface area (Å²) < 4.78 is 10.6. The maximum absolute atomic E-state index is 12.2. The number of carboxylic acid groups (broad SMARTS) is 1. The summed E-state index contributed by atoms with van der Waals surface area (Å²) in [5.41, 5.74) is -0.598. The molecule has 0 aliphatic rings. The van der Waals surface area contributed by atoms with Gasteiger partial charge < -0.3 is 19.5 Å². The largest absolute Gasteiger partial charge is 0.493 e. The Balaban J connectivity index is 2.76. The Labute approximate surface area is 124 Å². The van der Waals surface area contributed by atoms with Crippen LogP contribution in [0.3, 0.4) is 0 Å². The highest BCUT2D eigenvalue weighted by Crippen LogP contribution is 2.26. The molecule has 0 aromatic heterocycles. The number of hydrogen-bond acceptors (Lipinski definition) is 4. The van der Waals surface area contributed by atoms with Crippen LogP contribution in [0.5, 0.6) is 11.5 Å². The van der Waals surface area contributed by atoms with Crippen molar-refractivity contribution in [3.63, 3.8) is 0 Å². The molecule has 1 amide bonds. The van der Waals surface area contributed by atoms with Crippen LogP contribution in [0.15, 0.2) is 24.3 Å². The SMILES string of the molecule is COc1ccccc1OCC(=O)N(CC(=O)O)C(C)(C)C. The van der Waals surface area contributed by atoms with Crippen LogP contribution >= 0.6 is 0 Å². The van der Waals surface area contributed by atoms with E-state index in [1.54, 1.807) is 45.0 Å². The summed E-state index contributed by atoms with van der Waals surface area (Å²) >= 11 is 0. The molecular weight excluding hydrogens is 274 g/mol. The molecule has 1 aromatic carbocycles. The minimum absolute atomic E-state index is 0.245. The molecule has 0 atom stereocenters. The number of carboxylic acids is 1. The Hall–Kier alpha value is -2.24. The van der Waals surface area contributed by atoms with Crippen molar-refractivity contribution >= 4 is 11.9 Å². The predicted octanol–water partition coefficient (Wildman–Crippen LogP) is 1.79. The third kappa shape index (κ3) is 4.98. The molecule has 0 saturated carbocycles. The van der Waals surface area contributed by atoms with Crippen LogP contribution in [0.25, 0.3) is 0 Å². The highest BCUT2D eigenvalue weighted by Gasteiger charge is 2.28. The number of hydrogen-bond donors (Lipinski definition) is 1. The number of amides is 1. The van der Waals surface area contributed by atoms with Crippen molar-refractivity contribution in [2.45, 2.75) is 26.3 Å². The van der Waals surface area contributed by atoms with Gasteiger partial charge in [-0.1, -0.05) is 12.1 Å². The maximum Gasteiger partial charge on any atom is 0.323 e. The van der Waals surface area contributed by atoms with E-state index in [0.717, 1.165) is 0 Å². The molecule has 0 bridgehead atoms. The Kier molecular flexibility index (Phi) is 5.58. The number of para-hydroxylation sites is 2. The van der Waals surface area contributed by atoms with Crippen LogP contribution in [0.2, 0.25) is 0 Å². The first kappa shape index (κ1) is 16.8. The first-order chi connectivity index (χ1) is 9.75. The van der Waals surface area contributed by atoms with Gasteiger partial charge in [0.15, 0.2) is 18.1 Å². The van der Waals surface area contributed by atoms with Crippen molar-refractivity contribution in [2.75, 3.05) is 20.3 Å². The second kappa shape index (κ2) is 6.97. The lowest BCUT2D eigenvalue weighted by Crippen LogP contribution is -2.50. The molecule has 0 heterocycles. The maximum atomic E-state index is 12.2. The summed E-state index contributed by atoms with van der Waals surface area (Å²) in [7, 11) is 1.51. The average molecular weight is 295 g/mol. The smallest absolute Gasteiger partial charge is 0.323 e. The van der Waals surface area contributed by atoms with Gasteiger partial charge in [0.2, 0.25) is 0 Å². The molecule has 21 heavy (non-hydrogen) atoms. The van der Waals surface area contributed by atoms with Gasteiger partial charge in [0.1, 0.15) is 6.54 Å². The number of ether oxygens (including phenoxy) is 2. The zero-order chi connectivity index (χ0) is 16.0. The Morgan fingerprint density at radius 3 is 2.24 bits per heavy atom. The third-order valence-corrected chi connectivity index (χ3v) is 2.82. The molecule has 0 radical (unpaired) electrons. The van der Waals surface area contributed by atoms with Crippen LogP contribution in [0.4, 0.5) is 0 Å². The molecular formula is C15H21NO5. The molecule has 1 aromatic rings. The second-order valence-corrected chi connectivity index (χ2v) is 5.48. The number of nitrogens with zero attached hydrogens (tertiary/aromatic N) is 1. The van der Waals surface area contributed by atoms with Crippen LogP contribution < -0.4 is 9.47 Å². The molecule has 116 valence electrons. The summed E-state index contributed by atoms with van der Waals surface area (Å²) in [6.07, 6.45) is 0. The first-order valence-electron chi connectivity index (χ1n) is 6.53. The summed E-state index contributed by atoms with van der Waals surface area (Å²) in [5.74, 6) is -0.491. The first-order valence-corrected chi connectivity index (χ1v) is 6.53. The molecule has 1 N–H and O–H groups in total. The molecule has 0 spiro atoms. The highest BCUT2D eigenvalue weighted by molar-refractivity contribution is 5.83. The van der Waals surface area contributed by atoms with E-state index in [4.69, 9.17) is 14.6 Å². The molecule has 0 aliphatic heterocycles. The van der Waals surface area contributed by atoms with E-state index >= 15 is 0 Å². The van der Waals surface area contributed by atoms with Crippen molar-refractivity contribution in [1.82, 2.24) is 4.90 Å². The minimum Gasteiger partial charge on any atom is -0.493 e. The number of methoxy groups -OCH3 is 1. The molecule has 6 heteroatoms. The quantitative estimate of drug-likeness (QED) is 0.866. The van der Waals surface area contributed by atoms with E-state index in [9.17, 15) is 9.59 Å². The molecule has 6 nitrogen and oxygen atoms in total. The van der Waals surface area contributed by atoms with Gasteiger partial charge in [-0.25, -0.2) is 0 Å². The number of aliphatic carboxylic acids is 1. The Morgan fingerprint density at radius 2 is 1.76 bits per heavy atom. The number of benzene rings is 1. The summed E-state index contributed by atoms with van der Waals surface area (Å²) in [6, 6.07) is 6.96. The van der Waals surface area contributed by atoms with Crippen molar-refractivity contribution in [3.8, 4) is 11.5 Å². The molecule has 0 saturated heterocycles. The summed E-state index contributed by atoms with van der Waals surface area (Å²) in [4.78, 5) is 24.3. The van der Waals surface area contributed by atoms with Gasteiger partial charge in [-0.2, -0.15) is 0 Å². The molecule has 0 aliphatic carbocycles.